The molecule has 0 saturated carbocycles. The number of hydrogen-bond donors (Lipinski definition) is 1. The molecule has 4 nitrogen and oxygen atoms in total. The first kappa shape index (κ1) is 12.7. The molecule has 3 heterocycles. The van der Waals surface area contributed by atoms with E-state index in [0.29, 0.717) is 6.54 Å². The number of fused-ring (bicyclic) bond motifs is 1. The van der Waals surface area contributed by atoms with Gasteiger partial charge in [-0.05, 0) is 12.0 Å². The summed E-state index contributed by atoms with van der Waals surface area (Å²) in [6, 6.07) is 10.3. The molecule has 5 heteroatoms. The van der Waals surface area contributed by atoms with Crippen molar-refractivity contribution in [2.75, 3.05) is 18.0 Å². The standard InChI is InChI=1S/C16H15N3OS/c20-12-6-7-19(8-12)15-14-13(11-4-2-1-3-5-11)9-21-16(14)18-10-17-15/h1-5,9-10,12,20H,6-8H2/t12-/m0/s1. The molecule has 0 radical (unpaired) electrons. The zero-order valence-electron chi connectivity index (χ0n) is 11.4. The highest BCUT2D eigenvalue weighted by Gasteiger charge is 2.24. The lowest BCUT2D eigenvalue weighted by atomic mass is 10.1. The summed E-state index contributed by atoms with van der Waals surface area (Å²) in [5, 5.41) is 13.0. The van der Waals surface area contributed by atoms with Gasteiger partial charge in [-0.15, -0.1) is 11.3 Å². The lowest BCUT2D eigenvalue weighted by Crippen LogP contribution is -2.22. The van der Waals surface area contributed by atoms with E-state index in [1.807, 2.05) is 18.2 Å². The monoisotopic (exact) mass is 297 g/mol. The summed E-state index contributed by atoms with van der Waals surface area (Å²) < 4.78 is 0. The normalized spacial score (nSPS) is 18.5. The first-order valence-corrected chi connectivity index (χ1v) is 7.91. The Morgan fingerprint density at radius 3 is 2.81 bits per heavy atom. The Morgan fingerprint density at radius 2 is 2.05 bits per heavy atom. The quantitative estimate of drug-likeness (QED) is 0.790. The Hall–Kier alpha value is -1.98. The third kappa shape index (κ3) is 2.18. The number of hydrogen-bond acceptors (Lipinski definition) is 5. The van der Waals surface area contributed by atoms with Crippen LogP contribution in [-0.2, 0) is 0 Å². The van der Waals surface area contributed by atoms with E-state index in [4.69, 9.17) is 0 Å². The van der Waals surface area contributed by atoms with Crippen molar-refractivity contribution >= 4 is 27.4 Å². The summed E-state index contributed by atoms with van der Waals surface area (Å²) in [6.45, 7) is 1.49. The van der Waals surface area contributed by atoms with Crippen molar-refractivity contribution in [1.29, 1.82) is 0 Å². The van der Waals surface area contributed by atoms with Crippen LogP contribution in [-0.4, -0.2) is 34.3 Å². The predicted molar refractivity (Wildman–Crippen MR) is 85.7 cm³/mol. The minimum Gasteiger partial charge on any atom is -0.391 e. The van der Waals surface area contributed by atoms with Gasteiger partial charge in [-0.3, -0.25) is 0 Å². The number of anilines is 1. The molecule has 1 saturated heterocycles. The zero-order chi connectivity index (χ0) is 14.2. The largest absolute Gasteiger partial charge is 0.391 e. The van der Waals surface area contributed by atoms with Gasteiger partial charge in [0.1, 0.15) is 17.0 Å². The van der Waals surface area contributed by atoms with Crippen LogP contribution in [0.1, 0.15) is 6.42 Å². The SMILES string of the molecule is O[C@H]1CCN(c2ncnc3scc(-c4ccccc4)c23)C1. The topological polar surface area (TPSA) is 49.2 Å². The summed E-state index contributed by atoms with van der Waals surface area (Å²) in [7, 11) is 0. The third-order valence-corrected chi connectivity index (χ3v) is 4.78. The van der Waals surface area contributed by atoms with Crippen LogP contribution < -0.4 is 4.90 Å². The molecule has 0 spiro atoms. The molecule has 3 aromatic rings. The lowest BCUT2D eigenvalue weighted by Gasteiger charge is -2.18. The van der Waals surface area contributed by atoms with Crippen molar-refractivity contribution in [3.8, 4) is 11.1 Å². The molecule has 106 valence electrons. The van der Waals surface area contributed by atoms with Crippen molar-refractivity contribution in [3.05, 3.63) is 42.0 Å². The van der Waals surface area contributed by atoms with Gasteiger partial charge in [-0.25, -0.2) is 9.97 Å². The van der Waals surface area contributed by atoms with Gasteiger partial charge in [-0.1, -0.05) is 30.3 Å². The van der Waals surface area contributed by atoms with Gasteiger partial charge in [0.2, 0.25) is 0 Å². The van der Waals surface area contributed by atoms with E-state index in [1.165, 1.54) is 11.1 Å². The summed E-state index contributed by atoms with van der Waals surface area (Å²) in [4.78, 5) is 12.0. The molecule has 1 aliphatic rings. The van der Waals surface area contributed by atoms with E-state index < -0.39 is 0 Å². The first-order valence-electron chi connectivity index (χ1n) is 7.03. The van der Waals surface area contributed by atoms with Crippen molar-refractivity contribution in [1.82, 2.24) is 9.97 Å². The third-order valence-electron chi connectivity index (χ3n) is 3.90. The first-order chi connectivity index (χ1) is 10.3. The highest BCUT2D eigenvalue weighted by molar-refractivity contribution is 7.17. The Labute approximate surface area is 126 Å². The average Bonchev–Trinajstić information content (AvgIpc) is 3.14. The zero-order valence-corrected chi connectivity index (χ0v) is 12.3. The predicted octanol–water partition coefficient (Wildman–Crippen LogP) is 2.93. The summed E-state index contributed by atoms with van der Waals surface area (Å²) in [6.07, 6.45) is 2.16. The summed E-state index contributed by atoms with van der Waals surface area (Å²) in [5.74, 6) is 0.941. The van der Waals surface area contributed by atoms with Crippen LogP contribution in [0.2, 0.25) is 0 Å². The number of benzene rings is 1. The van der Waals surface area contributed by atoms with Crippen molar-refractivity contribution in [2.45, 2.75) is 12.5 Å². The van der Waals surface area contributed by atoms with Crippen LogP contribution in [0.25, 0.3) is 21.3 Å². The van der Waals surface area contributed by atoms with Gasteiger partial charge in [0.15, 0.2) is 0 Å². The van der Waals surface area contributed by atoms with Gasteiger partial charge in [0, 0.05) is 24.0 Å². The van der Waals surface area contributed by atoms with Crippen molar-refractivity contribution < 1.29 is 5.11 Å². The molecule has 0 bridgehead atoms. The van der Waals surface area contributed by atoms with Crippen LogP contribution in [0, 0.1) is 0 Å². The van der Waals surface area contributed by atoms with Crippen molar-refractivity contribution in [2.24, 2.45) is 0 Å². The van der Waals surface area contributed by atoms with E-state index in [-0.39, 0.29) is 6.10 Å². The molecule has 1 N–H and O–H groups in total. The van der Waals surface area contributed by atoms with Crippen LogP contribution in [0.3, 0.4) is 0 Å². The van der Waals surface area contributed by atoms with Gasteiger partial charge in [-0.2, -0.15) is 0 Å². The maximum Gasteiger partial charge on any atom is 0.141 e. The molecule has 1 aromatic carbocycles. The number of thiophene rings is 1. The Bertz CT molecular complexity index is 772. The number of nitrogens with zero attached hydrogens (tertiary/aromatic N) is 3. The smallest absolute Gasteiger partial charge is 0.141 e. The van der Waals surface area contributed by atoms with Gasteiger partial charge in [0.05, 0.1) is 11.5 Å². The molecule has 1 fully saturated rings. The molecule has 0 unspecified atom stereocenters. The fourth-order valence-electron chi connectivity index (χ4n) is 2.86. The number of β-amino-alcohol motifs (C(OH)–C–C–N with tert-alkyl or cyclic N) is 1. The summed E-state index contributed by atoms with van der Waals surface area (Å²) >= 11 is 1.64. The van der Waals surface area contributed by atoms with E-state index in [1.54, 1.807) is 17.7 Å². The van der Waals surface area contributed by atoms with Crippen molar-refractivity contribution in [3.63, 3.8) is 0 Å². The van der Waals surface area contributed by atoms with Crippen LogP contribution >= 0.6 is 11.3 Å². The number of aliphatic hydroxyl groups excluding tert-OH is 1. The number of aromatic nitrogens is 2. The number of aliphatic hydroxyl groups is 1. The molecule has 0 aliphatic carbocycles. The Morgan fingerprint density at radius 1 is 1.19 bits per heavy atom. The summed E-state index contributed by atoms with van der Waals surface area (Å²) in [5.41, 5.74) is 2.35. The lowest BCUT2D eigenvalue weighted by molar-refractivity contribution is 0.198. The molecule has 1 atom stereocenters. The molecule has 4 rings (SSSR count). The highest BCUT2D eigenvalue weighted by atomic mass is 32.1. The second kappa shape index (κ2) is 5.09. The fraction of sp³-hybridized carbons (Fsp3) is 0.250. The molecule has 0 amide bonds. The van der Waals surface area contributed by atoms with Crippen LogP contribution in [0.4, 0.5) is 5.82 Å². The molecule has 1 aliphatic heterocycles. The minimum absolute atomic E-state index is 0.256. The van der Waals surface area contributed by atoms with E-state index in [0.717, 1.165) is 29.0 Å². The second-order valence-electron chi connectivity index (χ2n) is 5.28. The Balaban J connectivity index is 1.90. The average molecular weight is 297 g/mol. The molecular formula is C16H15N3OS. The fourth-order valence-corrected chi connectivity index (χ4v) is 3.77. The van der Waals surface area contributed by atoms with Gasteiger partial charge in [0.25, 0.3) is 0 Å². The molecular weight excluding hydrogens is 282 g/mol. The van der Waals surface area contributed by atoms with E-state index in [2.05, 4.69) is 32.4 Å². The molecule has 2 aromatic heterocycles. The highest BCUT2D eigenvalue weighted by Crippen LogP contribution is 2.38. The second-order valence-corrected chi connectivity index (χ2v) is 6.14. The van der Waals surface area contributed by atoms with E-state index in [9.17, 15) is 5.11 Å². The van der Waals surface area contributed by atoms with Gasteiger partial charge < -0.3 is 10.0 Å². The molecule has 21 heavy (non-hydrogen) atoms. The van der Waals surface area contributed by atoms with E-state index >= 15 is 0 Å². The van der Waals surface area contributed by atoms with Gasteiger partial charge >= 0.3 is 0 Å². The van der Waals surface area contributed by atoms with Crippen LogP contribution in [0.15, 0.2) is 42.0 Å². The van der Waals surface area contributed by atoms with Crippen LogP contribution in [0.5, 0.6) is 0 Å². The minimum atomic E-state index is -0.256. The Kier molecular flexibility index (Phi) is 3.09. The number of rotatable bonds is 2. The maximum absolute atomic E-state index is 9.79. The maximum atomic E-state index is 9.79.